The summed E-state index contributed by atoms with van der Waals surface area (Å²) in [5, 5.41) is 22.8. The minimum atomic E-state index is -0.134. The molecule has 6 nitrogen and oxygen atoms in total. The van der Waals surface area contributed by atoms with Gasteiger partial charge in [0.15, 0.2) is 11.0 Å². The first-order valence-electron chi connectivity index (χ1n) is 10.4. The molecule has 0 atom stereocenters. The van der Waals surface area contributed by atoms with Crippen LogP contribution in [0.2, 0.25) is 0 Å². The summed E-state index contributed by atoms with van der Waals surface area (Å²) in [7, 11) is 0. The third-order valence-corrected chi connectivity index (χ3v) is 7.26. The van der Waals surface area contributed by atoms with Crippen LogP contribution in [-0.4, -0.2) is 37.8 Å². The number of hydrogen-bond acceptors (Lipinski definition) is 6. The molecule has 0 fully saturated rings. The molecule has 174 valence electrons. The lowest BCUT2D eigenvalue weighted by Gasteiger charge is -2.14. The first-order chi connectivity index (χ1) is 16.4. The van der Waals surface area contributed by atoms with Crippen molar-refractivity contribution in [2.75, 3.05) is 17.3 Å². The minimum Gasteiger partial charge on any atom is -0.507 e. The van der Waals surface area contributed by atoms with Gasteiger partial charge in [0.1, 0.15) is 5.75 Å². The number of nitrogens with zero attached hydrogens (tertiary/aromatic N) is 3. The highest BCUT2D eigenvalue weighted by molar-refractivity contribution is 9.10. The van der Waals surface area contributed by atoms with Gasteiger partial charge in [0.05, 0.1) is 17.0 Å². The van der Waals surface area contributed by atoms with E-state index in [-0.39, 0.29) is 17.4 Å². The summed E-state index contributed by atoms with van der Waals surface area (Å²) in [6.45, 7) is 4.06. The van der Waals surface area contributed by atoms with E-state index in [0.717, 1.165) is 31.9 Å². The van der Waals surface area contributed by atoms with Gasteiger partial charge in [-0.15, -0.1) is 22.0 Å². The molecule has 0 aliphatic carbocycles. The topological polar surface area (TPSA) is 80.0 Å². The number of aromatic hydroxyl groups is 1. The molecule has 0 saturated carbocycles. The third kappa shape index (κ3) is 5.48. The van der Waals surface area contributed by atoms with Gasteiger partial charge in [0.2, 0.25) is 5.91 Å². The number of aryl methyl sites for hydroxylation is 2. The number of amides is 1. The Balaban J connectivity index is 1.66. The summed E-state index contributed by atoms with van der Waals surface area (Å²) in [4.78, 5) is 13.8. The second-order valence-electron chi connectivity index (χ2n) is 7.66. The molecule has 0 radical (unpaired) electrons. The predicted molar refractivity (Wildman–Crippen MR) is 143 cm³/mol. The Morgan fingerprint density at radius 1 is 1.09 bits per heavy atom. The van der Waals surface area contributed by atoms with Crippen LogP contribution in [0.4, 0.5) is 5.69 Å². The van der Waals surface area contributed by atoms with Gasteiger partial charge in [0.25, 0.3) is 0 Å². The number of nitrogens with one attached hydrogen (secondary N) is 1. The molecule has 1 amide bonds. The molecule has 0 saturated heterocycles. The molecule has 0 bridgehead atoms. The Labute approximate surface area is 215 Å². The Bertz CT molecular complexity index is 1360. The fourth-order valence-corrected chi connectivity index (χ4v) is 5.09. The largest absolute Gasteiger partial charge is 0.507 e. The van der Waals surface area contributed by atoms with Crippen molar-refractivity contribution < 1.29 is 9.90 Å². The zero-order valence-corrected chi connectivity index (χ0v) is 22.1. The molecular formula is C25H23BrN4O2S2. The van der Waals surface area contributed by atoms with Gasteiger partial charge in [-0.2, -0.15) is 0 Å². The van der Waals surface area contributed by atoms with Crippen LogP contribution in [0.15, 0.2) is 75.2 Å². The van der Waals surface area contributed by atoms with E-state index >= 15 is 0 Å². The van der Waals surface area contributed by atoms with Gasteiger partial charge in [-0.25, -0.2) is 0 Å². The molecule has 0 spiro atoms. The Hall–Kier alpha value is -2.75. The van der Waals surface area contributed by atoms with Gasteiger partial charge in [-0.3, -0.25) is 9.36 Å². The van der Waals surface area contributed by atoms with E-state index in [1.165, 1.54) is 11.8 Å². The van der Waals surface area contributed by atoms with E-state index in [2.05, 4.69) is 37.5 Å². The van der Waals surface area contributed by atoms with E-state index in [4.69, 9.17) is 0 Å². The van der Waals surface area contributed by atoms with Crippen LogP contribution in [-0.2, 0) is 4.79 Å². The van der Waals surface area contributed by atoms with Crippen LogP contribution in [0, 0.1) is 13.8 Å². The van der Waals surface area contributed by atoms with E-state index in [1.807, 2.05) is 61.1 Å². The number of phenols is 1. The standard InChI is InChI=1S/C25H23BrN4O2S2/c1-15-7-9-21(16(2)11-15)30-24(20-12-17(26)8-10-22(20)31)28-29-25(30)34-14-23(32)27-18-5-4-6-19(13-18)33-3/h4-13,31H,14H2,1-3H3,(H,27,32). The SMILES string of the molecule is CSc1cccc(NC(=O)CSc2nnc(-c3cc(Br)ccc3O)n2-c2ccc(C)cc2C)c1. The molecule has 1 aromatic heterocycles. The number of thioether (sulfide) groups is 2. The van der Waals surface area contributed by atoms with Crippen molar-refractivity contribution in [3.05, 3.63) is 76.3 Å². The van der Waals surface area contributed by atoms with Crippen LogP contribution < -0.4 is 5.32 Å². The molecule has 0 aliphatic rings. The summed E-state index contributed by atoms with van der Waals surface area (Å²) < 4.78 is 2.71. The van der Waals surface area contributed by atoms with Gasteiger partial charge < -0.3 is 10.4 Å². The summed E-state index contributed by atoms with van der Waals surface area (Å²) in [5.74, 6) is 0.632. The van der Waals surface area contributed by atoms with Gasteiger partial charge in [-0.1, -0.05) is 51.5 Å². The molecule has 34 heavy (non-hydrogen) atoms. The molecule has 9 heteroatoms. The summed E-state index contributed by atoms with van der Waals surface area (Å²) >= 11 is 6.39. The van der Waals surface area contributed by atoms with Crippen molar-refractivity contribution in [3.8, 4) is 22.8 Å². The van der Waals surface area contributed by atoms with E-state index < -0.39 is 0 Å². The monoisotopic (exact) mass is 554 g/mol. The van der Waals surface area contributed by atoms with Gasteiger partial charge in [-0.05, 0) is 68.1 Å². The Morgan fingerprint density at radius 3 is 2.68 bits per heavy atom. The van der Waals surface area contributed by atoms with E-state index in [1.54, 1.807) is 30.0 Å². The molecular weight excluding hydrogens is 532 g/mol. The minimum absolute atomic E-state index is 0.101. The normalized spacial score (nSPS) is 10.9. The maximum Gasteiger partial charge on any atom is 0.234 e. The van der Waals surface area contributed by atoms with Gasteiger partial charge in [0, 0.05) is 15.1 Å². The number of carbonyl (C=O) groups is 1. The van der Waals surface area contributed by atoms with Crippen LogP contribution >= 0.6 is 39.5 Å². The third-order valence-electron chi connectivity index (χ3n) is 5.11. The fraction of sp³-hybridized carbons (Fsp3) is 0.160. The molecule has 4 aromatic rings. The molecule has 4 rings (SSSR count). The van der Waals surface area contributed by atoms with Crippen molar-refractivity contribution in [3.63, 3.8) is 0 Å². The zero-order valence-electron chi connectivity index (χ0n) is 18.9. The van der Waals surface area contributed by atoms with Crippen LogP contribution in [0.1, 0.15) is 11.1 Å². The van der Waals surface area contributed by atoms with Crippen molar-refractivity contribution in [2.45, 2.75) is 23.9 Å². The van der Waals surface area contributed by atoms with Gasteiger partial charge >= 0.3 is 0 Å². The van der Waals surface area contributed by atoms with E-state index in [9.17, 15) is 9.90 Å². The lowest BCUT2D eigenvalue weighted by Crippen LogP contribution is -2.14. The van der Waals surface area contributed by atoms with Crippen LogP contribution in [0.25, 0.3) is 17.1 Å². The maximum absolute atomic E-state index is 12.7. The second kappa shape index (κ2) is 10.7. The number of anilines is 1. The number of carbonyl (C=O) groups excluding carboxylic acids is 1. The highest BCUT2D eigenvalue weighted by Crippen LogP contribution is 2.35. The Morgan fingerprint density at radius 2 is 1.91 bits per heavy atom. The average molecular weight is 556 g/mol. The first-order valence-corrected chi connectivity index (χ1v) is 13.4. The molecule has 2 N–H and O–H groups in total. The van der Waals surface area contributed by atoms with Crippen molar-refractivity contribution in [2.24, 2.45) is 0 Å². The summed E-state index contributed by atoms with van der Waals surface area (Å²) in [5.41, 5.74) is 4.37. The first kappa shape index (κ1) is 24.4. The Kier molecular flexibility index (Phi) is 7.65. The van der Waals surface area contributed by atoms with Crippen LogP contribution in [0.3, 0.4) is 0 Å². The number of phenolic OH excluding ortho intramolecular Hbond substituents is 1. The second-order valence-corrected chi connectivity index (χ2v) is 10.4. The lowest BCUT2D eigenvalue weighted by atomic mass is 10.1. The highest BCUT2D eigenvalue weighted by Gasteiger charge is 2.21. The average Bonchev–Trinajstić information content (AvgIpc) is 3.23. The molecule has 0 aliphatic heterocycles. The smallest absolute Gasteiger partial charge is 0.234 e. The molecule has 3 aromatic carbocycles. The summed E-state index contributed by atoms with van der Waals surface area (Å²) in [6, 6.07) is 19.0. The quantitative estimate of drug-likeness (QED) is 0.255. The van der Waals surface area contributed by atoms with E-state index in [0.29, 0.717) is 16.5 Å². The van der Waals surface area contributed by atoms with Crippen molar-refractivity contribution in [1.29, 1.82) is 0 Å². The number of aromatic nitrogens is 3. The molecule has 0 unspecified atom stereocenters. The fourth-order valence-electron chi connectivity index (χ4n) is 3.53. The van der Waals surface area contributed by atoms with Crippen LogP contribution in [0.5, 0.6) is 5.75 Å². The zero-order chi connectivity index (χ0) is 24.2. The van der Waals surface area contributed by atoms with Crippen molar-refractivity contribution >= 4 is 51.0 Å². The lowest BCUT2D eigenvalue weighted by molar-refractivity contribution is -0.113. The number of hydrogen-bond donors (Lipinski definition) is 2. The number of rotatable bonds is 7. The predicted octanol–water partition coefficient (Wildman–Crippen LogP) is 6.47. The number of halogens is 1. The number of benzene rings is 3. The maximum atomic E-state index is 12.7. The van der Waals surface area contributed by atoms with Crippen molar-refractivity contribution in [1.82, 2.24) is 14.8 Å². The highest BCUT2D eigenvalue weighted by atomic mass is 79.9. The summed E-state index contributed by atoms with van der Waals surface area (Å²) in [6.07, 6.45) is 2.00. The molecule has 1 heterocycles.